The van der Waals surface area contributed by atoms with Crippen molar-refractivity contribution < 1.29 is 13.9 Å². The molecule has 2 atom stereocenters. The topological polar surface area (TPSA) is 64.3 Å². The highest BCUT2D eigenvalue weighted by atomic mass is 35.5. The van der Waals surface area contributed by atoms with Crippen molar-refractivity contribution in [3.63, 3.8) is 0 Å². The number of primary amides is 1. The number of hydrogen-bond donors (Lipinski definition) is 2. The number of ether oxygens (including phenoxy) is 1. The molecule has 2 aromatic carbocycles. The SMILES string of the molecule is C#Cc1ccc(Oc2c(Cl)ccc([C@@H](CC)NC(C)CC(N)=O)c2F)cc1. The first-order valence-electron chi connectivity index (χ1n) is 8.62. The third-order valence-corrected chi connectivity index (χ3v) is 4.39. The lowest BCUT2D eigenvalue weighted by Gasteiger charge is -2.23. The second-order valence-corrected chi connectivity index (χ2v) is 6.66. The van der Waals surface area contributed by atoms with Gasteiger partial charge in [-0.1, -0.05) is 30.5 Å². The van der Waals surface area contributed by atoms with E-state index < -0.39 is 11.7 Å². The minimum atomic E-state index is -0.547. The molecule has 1 amide bonds. The van der Waals surface area contributed by atoms with Gasteiger partial charge >= 0.3 is 0 Å². The Labute approximate surface area is 163 Å². The summed E-state index contributed by atoms with van der Waals surface area (Å²) in [5, 5.41) is 3.38. The largest absolute Gasteiger partial charge is 0.453 e. The fourth-order valence-corrected chi connectivity index (χ4v) is 2.96. The Bertz CT molecular complexity index is 846. The molecule has 0 aliphatic carbocycles. The second kappa shape index (κ2) is 9.40. The fourth-order valence-electron chi connectivity index (χ4n) is 2.78. The van der Waals surface area contributed by atoms with E-state index in [0.717, 1.165) is 0 Å². The monoisotopic (exact) mass is 388 g/mol. The third kappa shape index (κ3) is 5.46. The van der Waals surface area contributed by atoms with Crippen LogP contribution in [0.5, 0.6) is 11.5 Å². The van der Waals surface area contributed by atoms with E-state index >= 15 is 4.39 Å². The summed E-state index contributed by atoms with van der Waals surface area (Å²) in [4.78, 5) is 11.1. The van der Waals surface area contributed by atoms with Gasteiger partial charge in [-0.25, -0.2) is 4.39 Å². The number of benzene rings is 2. The lowest BCUT2D eigenvalue weighted by atomic mass is 10.0. The van der Waals surface area contributed by atoms with Crippen molar-refractivity contribution >= 4 is 17.5 Å². The molecule has 0 spiro atoms. The molecule has 0 radical (unpaired) electrons. The van der Waals surface area contributed by atoms with Gasteiger partial charge in [-0.05, 0) is 43.7 Å². The summed E-state index contributed by atoms with van der Waals surface area (Å²) in [5.74, 6) is 1.92. The zero-order valence-corrected chi connectivity index (χ0v) is 16.0. The van der Waals surface area contributed by atoms with E-state index in [-0.39, 0.29) is 29.3 Å². The number of nitrogens with two attached hydrogens (primary N) is 1. The maximum Gasteiger partial charge on any atom is 0.218 e. The molecule has 0 aliphatic rings. The summed E-state index contributed by atoms with van der Waals surface area (Å²) in [7, 11) is 0. The van der Waals surface area contributed by atoms with Crippen molar-refractivity contribution in [3.05, 3.63) is 58.4 Å². The molecule has 0 aliphatic heterocycles. The van der Waals surface area contributed by atoms with E-state index in [1.807, 2.05) is 13.8 Å². The van der Waals surface area contributed by atoms with Crippen LogP contribution in [0.25, 0.3) is 0 Å². The fraction of sp³-hybridized carbons (Fsp3) is 0.286. The van der Waals surface area contributed by atoms with Gasteiger partial charge in [0.1, 0.15) is 5.75 Å². The van der Waals surface area contributed by atoms with Crippen LogP contribution in [0.3, 0.4) is 0 Å². The molecular formula is C21H22ClFN2O2. The van der Waals surface area contributed by atoms with E-state index in [1.54, 1.807) is 36.4 Å². The number of amides is 1. The van der Waals surface area contributed by atoms with Gasteiger partial charge in [-0.15, -0.1) is 6.42 Å². The molecule has 1 unspecified atom stereocenters. The number of carbonyl (C=O) groups is 1. The summed E-state index contributed by atoms with van der Waals surface area (Å²) in [6.07, 6.45) is 6.10. The number of carbonyl (C=O) groups excluding carboxylic acids is 1. The number of nitrogens with one attached hydrogen (secondary N) is 1. The number of hydrogen-bond acceptors (Lipinski definition) is 3. The zero-order valence-electron chi connectivity index (χ0n) is 15.3. The van der Waals surface area contributed by atoms with E-state index in [9.17, 15) is 4.79 Å². The Hall–Kier alpha value is -2.55. The Morgan fingerprint density at radius 1 is 1.33 bits per heavy atom. The maximum atomic E-state index is 15.1. The number of terminal acetylenes is 1. The van der Waals surface area contributed by atoms with Crippen LogP contribution < -0.4 is 15.8 Å². The summed E-state index contributed by atoms with van der Waals surface area (Å²) < 4.78 is 20.8. The van der Waals surface area contributed by atoms with Crippen LogP contribution in [-0.2, 0) is 4.79 Å². The van der Waals surface area contributed by atoms with E-state index in [4.69, 9.17) is 28.5 Å². The van der Waals surface area contributed by atoms with Gasteiger partial charge in [-0.3, -0.25) is 4.79 Å². The van der Waals surface area contributed by atoms with Crippen LogP contribution in [0.4, 0.5) is 4.39 Å². The average molecular weight is 389 g/mol. The third-order valence-electron chi connectivity index (χ3n) is 4.10. The Morgan fingerprint density at radius 2 is 2.00 bits per heavy atom. The Balaban J connectivity index is 2.29. The lowest BCUT2D eigenvalue weighted by Crippen LogP contribution is -2.34. The highest BCUT2D eigenvalue weighted by molar-refractivity contribution is 6.32. The predicted molar refractivity (Wildman–Crippen MR) is 105 cm³/mol. The molecule has 142 valence electrons. The van der Waals surface area contributed by atoms with Crippen molar-refractivity contribution in [2.75, 3.05) is 0 Å². The van der Waals surface area contributed by atoms with Crippen LogP contribution in [-0.4, -0.2) is 11.9 Å². The molecule has 6 heteroatoms. The summed E-state index contributed by atoms with van der Waals surface area (Å²) in [6.45, 7) is 3.74. The highest BCUT2D eigenvalue weighted by Gasteiger charge is 2.22. The van der Waals surface area contributed by atoms with Crippen LogP contribution in [0.15, 0.2) is 36.4 Å². The minimum absolute atomic E-state index is 0.0505. The van der Waals surface area contributed by atoms with E-state index in [2.05, 4.69) is 11.2 Å². The normalized spacial score (nSPS) is 12.9. The van der Waals surface area contributed by atoms with Crippen LogP contribution >= 0.6 is 11.6 Å². The van der Waals surface area contributed by atoms with Gasteiger partial charge in [-0.2, -0.15) is 0 Å². The quantitative estimate of drug-likeness (QED) is 0.651. The number of rotatable bonds is 8. The molecule has 0 aromatic heterocycles. The molecule has 0 bridgehead atoms. The molecule has 2 aromatic rings. The van der Waals surface area contributed by atoms with Crippen LogP contribution in [0.1, 0.15) is 43.9 Å². The smallest absolute Gasteiger partial charge is 0.218 e. The molecule has 0 saturated heterocycles. The van der Waals surface area contributed by atoms with Crippen molar-refractivity contribution in [3.8, 4) is 23.8 Å². The van der Waals surface area contributed by atoms with Gasteiger partial charge in [0, 0.05) is 29.6 Å². The van der Waals surface area contributed by atoms with Crippen LogP contribution in [0.2, 0.25) is 5.02 Å². The molecule has 3 N–H and O–H groups in total. The summed E-state index contributed by atoms with van der Waals surface area (Å²) in [5.41, 5.74) is 6.33. The molecule has 0 heterocycles. The summed E-state index contributed by atoms with van der Waals surface area (Å²) >= 11 is 6.15. The van der Waals surface area contributed by atoms with Gasteiger partial charge in [0.25, 0.3) is 0 Å². The van der Waals surface area contributed by atoms with E-state index in [1.165, 1.54) is 0 Å². The maximum absolute atomic E-state index is 15.1. The average Bonchev–Trinajstić information content (AvgIpc) is 2.63. The van der Waals surface area contributed by atoms with Crippen molar-refractivity contribution in [1.29, 1.82) is 0 Å². The molecular weight excluding hydrogens is 367 g/mol. The number of halogens is 2. The summed E-state index contributed by atoms with van der Waals surface area (Å²) in [6, 6.07) is 9.41. The standard InChI is InChI=1S/C21H22ClFN2O2/c1-4-14-6-8-15(9-7-14)27-21-17(22)11-10-16(20(21)23)18(5-2)25-13(3)12-19(24)26/h1,6-11,13,18,25H,5,12H2,2-3H3,(H2,24,26)/t13?,18-/m1/s1. The molecule has 4 nitrogen and oxygen atoms in total. The van der Waals surface area contributed by atoms with Gasteiger partial charge in [0.15, 0.2) is 11.6 Å². The second-order valence-electron chi connectivity index (χ2n) is 6.25. The predicted octanol–water partition coefficient (Wildman–Crippen LogP) is 4.56. The zero-order chi connectivity index (χ0) is 20.0. The van der Waals surface area contributed by atoms with Gasteiger partial charge < -0.3 is 15.8 Å². The van der Waals surface area contributed by atoms with Crippen molar-refractivity contribution in [2.24, 2.45) is 5.73 Å². The van der Waals surface area contributed by atoms with Gasteiger partial charge in [0.05, 0.1) is 5.02 Å². The first kappa shape index (κ1) is 20.8. The van der Waals surface area contributed by atoms with Crippen molar-refractivity contribution in [2.45, 2.75) is 38.8 Å². The Morgan fingerprint density at radius 3 is 2.56 bits per heavy atom. The highest BCUT2D eigenvalue weighted by Crippen LogP contribution is 2.36. The lowest BCUT2D eigenvalue weighted by molar-refractivity contribution is -0.118. The first-order valence-corrected chi connectivity index (χ1v) is 9.00. The Kier molecular flexibility index (Phi) is 7.23. The van der Waals surface area contributed by atoms with Crippen LogP contribution in [0, 0.1) is 18.2 Å². The van der Waals surface area contributed by atoms with Crippen molar-refractivity contribution in [1.82, 2.24) is 5.32 Å². The first-order chi connectivity index (χ1) is 12.8. The molecule has 0 saturated carbocycles. The van der Waals surface area contributed by atoms with Gasteiger partial charge in [0.2, 0.25) is 5.91 Å². The minimum Gasteiger partial charge on any atom is -0.453 e. The molecule has 2 rings (SSSR count). The van der Waals surface area contributed by atoms with E-state index in [0.29, 0.717) is 23.3 Å². The molecule has 27 heavy (non-hydrogen) atoms. The molecule has 0 fully saturated rings.